The lowest BCUT2D eigenvalue weighted by molar-refractivity contribution is -0.135. The Morgan fingerprint density at radius 2 is 2.27 bits per heavy atom. The van der Waals surface area contributed by atoms with Crippen molar-refractivity contribution in [2.75, 3.05) is 0 Å². The Morgan fingerprint density at radius 1 is 1.47 bits per heavy atom. The van der Waals surface area contributed by atoms with Gasteiger partial charge in [-0.05, 0) is 35.6 Å². The topological polar surface area (TPSA) is 37.3 Å². The molecule has 0 aliphatic heterocycles. The van der Waals surface area contributed by atoms with Crippen molar-refractivity contribution in [1.82, 2.24) is 0 Å². The summed E-state index contributed by atoms with van der Waals surface area (Å²) in [5.74, 6) is -0.811. The van der Waals surface area contributed by atoms with Crippen molar-refractivity contribution in [2.24, 2.45) is 0 Å². The third-order valence-electron chi connectivity index (χ3n) is 2.57. The van der Waals surface area contributed by atoms with E-state index in [1.165, 1.54) is 0 Å². The standard InChI is InChI=1S/C12H11ClO2/c13-10-6-2-4-8-3-1-5-9(12(8)10)7-11(14)15/h2,4-6H,1,3,7H2,(H,14,15). The van der Waals surface area contributed by atoms with Gasteiger partial charge < -0.3 is 5.11 Å². The zero-order chi connectivity index (χ0) is 10.8. The van der Waals surface area contributed by atoms with Crippen LogP contribution in [0, 0.1) is 0 Å². The Bertz CT molecular complexity index is 435. The number of fused-ring (bicyclic) bond motifs is 1. The first-order valence-electron chi connectivity index (χ1n) is 4.87. The van der Waals surface area contributed by atoms with Crippen molar-refractivity contribution < 1.29 is 9.90 Å². The first-order chi connectivity index (χ1) is 7.18. The highest BCUT2D eigenvalue weighted by molar-refractivity contribution is 6.32. The molecule has 0 unspecified atom stereocenters. The Kier molecular flexibility index (Phi) is 2.78. The summed E-state index contributed by atoms with van der Waals surface area (Å²) in [6.07, 6.45) is 3.87. The summed E-state index contributed by atoms with van der Waals surface area (Å²) in [5.41, 5.74) is 2.92. The SMILES string of the molecule is O=C(O)CC1=CCCc2cccc(Cl)c21. The lowest BCUT2D eigenvalue weighted by atomic mass is 9.89. The van der Waals surface area contributed by atoms with Gasteiger partial charge in [0.2, 0.25) is 0 Å². The number of carboxylic acid groups (broad SMARTS) is 1. The van der Waals surface area contributed by atoms with E-state index in [9.17, 15) is 4.79 Å². The molecule has 0 heterocycles. The lowest BCUT2D eigenvalue weighted by Crippen LogP contribution is -2.04. The number of hydrogen-bond donors (Lipinski definition) is 1. The predicted octanol–water partition coefficient (Wildman–Crippen LogP) is 3.14. The Hall–Kier alpha value is -1.28. The molecular weight excluding hydrogens is 212 g/mol. The molecule has 0 spiro atoms. The van der Waals surface area contributed by atoms with Gasteiger partial charge in [0.05, 0.1) is 6.42 Å². The number of halogens is 1. The summed E-state index contributed by atoms with van der Waals surface area (Å²) in [5, 5.41) is 9.45. The summed E-state index contributed by atoms with van der Waals surface area (Å²) in [4.78, 5) is 10.7. The molecule has 1 aliphatic carbocycles. The largest absolute Gasteiger partial charge is 0.481 e. The van der Waals surface area contributed by atoms with Gasteiger partial charge in [0, 0.05) is 5.02 Å². The van der Waals surface area contributed by atoms with Crippen molar-refractivity contribution in [3.63, 3.8) is 0 Å². The van der Waals surface area contributed by atoms with E-state index in [0.717, 1.165) is 29.5 Å². The number of rotatable bonds is 2. The fraction of sp³-hybridized carbons (Fsp3) is 0.250. The van der Waals surface area contributed by atoms with Crippen molar-refractivity contribution in [2.45, 2.75) is 19.3 Å². The van der Waals surface area contributed by atoms with Crippen LogP contribution in [-0.4, -0.2) is 11.1 Å². The second-order valence-corrected chi connectivity index (χ2v) is 4.02. The zero-order valence-corrected chi connectivity index (χ0v) is 8.92. The Morgan fingerprint density at radius 3 is 3.00 bits per heavy atom. The molecular formula is C12H11ClO2. The van der Waals surface area contributed by atoms with Crippen LogP contribution in [0.2, 0.25) is 5.02 Å². The molecule has 1 N–H and O–H groups in total. The molecule has 0 saturated carbocycles. The zero-order valence-electron chi connectivity index (χ0n) is 8.16. The van der Waals surface area contributed by atoms with E-state index in [0.29, 0.717) is 5.02 Å². The number of carbonyl (C=O) groups is 1. The molecule has 0 bridgehead atoms. The summed E-state index contributed by atoms with van der Waals surface area (Å²) in [6.45, 7) is 0. The van der Waals surface area contributed by atoms with E-state index in [2.05, 4.69) is 0 Å². The second-order valence-electron chi connectivity index (χ2n) is 3.61. The van der Waals surface area contributed by atoms with Gasteiger partial charge in [-0.1, -0.05) is 29.8 Å². The van der Waals surface area contributed by atoms with Gasteiger partial charge in [-0.15, -0.1) is 0 Å². The van der Waals surface area contributed by atoms with Crippen LogP contribution in [0.5, 0.6) is 0 Å². The lowest BCUT2D eigenvalue weighted by Gasteiger charge is -2.17. The third kappa shape index (κ3) is 2.05. The van der Waals surface area contributed by atoms with E-state index < -0.39 is 5.97 Å². The maximum atomic E-state index is 10.7. The molecule has 1 aromatic rings. The molecule has 0 fully saturated rings. The maximum Gasteiger partial charge on any atom is 0.307 e. The van der Waals surface area contributed by atoms with Gasteiger partial charge in [0.15, 0.2) is 0 Å². The molecule has 78 valence electrons. The van der Waals surface area contributed by atoms with Crippen LogP contribution in [-0.2, 0) is 11.2 Å². The number of aliphatic carboxylic acids is 1. The number of benzene rings is 1. The van der Waals surface area contributed by atoms with Crippen LogP contribution in [0.15, 0.2) is 24.3 Å². The highest BCUT2D eigenvalue weighted by Crippen LogP contribution is 2.34. The predicted molar refractivity (Wildman–Crippen MR) is 60.0 cm³/mol. The van der Waals surface area contributed by atoms with Crippen LogP contribution in [0.3, 0.4) is 0 Å². The average molecular weight is 223 g/mol. The van der Waals surface area contributed by atoms with Crippen LogP contribution in [0.4, 0.5) is 0 Å². The smallest absolute Gasteiger partial charge is 0.307 e. The van der Waals surface area contributed by atoms with E-state index in [4.69, 9.17) is 16.7 Å². The van der Waals surface area contributed by atoms with Crippen molar-refractivity contribution in [3.05, 3.63) is 40.4 Å². The van der Waals surface area contributed by atoms with Gasteiger partial charge in [0.1, 0.15) is 0 Å². The summed E-state index contributed by atoms with van der Waals surface area (Å²) >= 11 is 6.09. The molecule has 2 rings (SSSR count). The highest BCUT2D eigenvalue weighted by atomic mass is 35.5. The van der Waals surface area contributed by atoms with Crippen LogP contribution in [0.25, 0.3) is 5.57 Å². The number of hydrogen-bond acceptors (Lipinski definition) is 1. The first kappa shape index (κ1) is 10.2. The Labute approximate surface area is 93.2 Å². The van der Waals surface area contributed by atoms with E-state index in [-0.39, 0.29) is 6.42 Å². The molecule has 0 aromatic heterocycles. The summed E-state index contributed by atoms with van der Waals surface area (Å²) < 4.78 is 0. The number of aryl methyl sites for hydroxylation is 1. The molecule has 0 atom stereocenters. The number of allylic oxidation sites excluding steroid dienone is 1. The molecule has 0 amide bonds. The third-order valence-corrected chi connectivity index (χ3v) is 2.88. The normalized spacial score (nSPS) is 14.3. The molecule has 3 heteroatoms. The molecule has 1 aliphatic rings. The first-order valence-corrected chi connectivity index (χ1v) is 5.25. The van der Waals surface area contributed by atoms with Gasteiger partial charge >= 0.3 is 5.97 Å². The molecule has 2 nitrogen and oxygen atoms in total. The van der Waals surface area contributed by atoms with Crippen LogP contribution >= 0.6 is 11.6 Å². The number of carboxylic acids is 1. The minimum absolute atomic E-state index is 0.0523. The maximum absolute atomic E-state index is 10.7. The van der Waals surface area contributed by atoms with Gasteiger partial charge in [-0.2, -0.15) is 0 Å². The van der Waals surface area contributed by atoms with E-state index in [1.807, 2.05) is 18.2 Å². The molecule has 15 heavy (non-hydrogen) atoms. The van der Waals surface area contributed by atoms with Crippen LogP contribution < -0.4 is 0 Å². The monoisotopic (exact) mass is 222 g/mol. The van der Waals surface area contributed by atoms with Crippen molar-refractivity contribution in [1.29, 1.82) is 0 Å². The minimum Gasteiger partial charge on any atom is -0.481 e. The minimum atomic E-state index is -0.811. The molecule has 0 radical (unpaired) electrons. The quantitative estimate of drug-likeness (QED) is 0.835. The highest BCUT2D eigenvalue weighted by Gasteiger charge is 2.17. The summed E-state index contributed by atoms with van der Waals surface area (Å²) in [6, 6.07) is 5.72. The second kappa shape index (κ2) is 4.07. The summed E-state index contributed by atoms with van der Waals surface area (Å²) in [7, 11) is 0. The average Bonchev–Trinajstić information content (AvgIpc) is 2.17. The van der Waals surface area contributed by atoms with E-state index in [1.54, 1.807) is 6.07 Å². The fourth-order valence-corrected chi connectivity index (χ4v) is 2.28. The van der Waals surface area contributed by atoms with Gasteiger partial charge in [-0.3, -0.25) is 4.79 Å². The molecule has 0 saturated heterocycles. The van der Waals surface area contributed by atoms with Gasteiger partial charge in [-0.25, -0.2) is 0 Å². The van der Waals surface area contributed by atoms with Gasteiger partial charge in [0.25, 0.3) is 0 Å². The molecule has 1 aromatic carbocycles. The Balaban J connectivity index is 2.45. The van der Waals surface area contributed by atoms with E-state index >= 15 is 0 Å². The van der Waals surface area contributed by atoms with Crippen molar-refractivity contribution in [3.8, 4) is 0 Å². The van der Waals surface area contributed by atoms with Crippen molar-refractivity contribution >= 4 is 23.1 Å². The van der Waals surface area contributed by atoms with Crippen LogP contribution in [0.1, 0.15) is 24.0 Å². The fourth-order valence-electron chi connectivity index (χ4n) is 1.96.